The number of piperidine rings is 1. The smallest absolute Gasteiger partial charge is 0.276 e. The number of ether oxygens (including phenoxy) is 1. The maximum atomic E-state index is 12.9. The summed E-state index contributed by atoms with van der Waals surface area (Å²) in [5.74, 6) is -0.0597. The number of nitrogens with zero attached hydrogens (tertiary/aromatic N) is 4. The number of carbonyl (C=O) groups excluding carboxylic acids is 1. The van der Waals surface area contributed by atoms with Gasteiger partial charge in [0.2, 0.25) is 0 Å². The van der Waals surface area contributed by atoms with E-state index in [0.717, 1.165) is 31.5 Å². The van der Waals surface area contributed by atoms with E-state index in [-0.39, 0.29) is 18.1 Å². The Balaban J connectivity index is 1.47. The largest absolute Gasteiger partial charge is 0.367 e. The molecule has 2 aromatic heterocycles. The van der Waals surface area contributed by atoms with Crippen LogP contribution in [0.4, 0.5) is 0 Å². The van der Waals surface area contributed by atoms with Crippen LogP contribution in [0.1, 0.15) is 48.0 Å². The van der Waals surface area contributed by atoms with Gasteiger partial charge in [-0.15, -0.1) is 5.10 Å². The first-order chi connectivity index (χ1) is 12.2. The Morgan fingerprint density at radius 2 is 2.20 bits per heavy atom. The zero-order chi connectivity index (χ0) is 17.2. The quantitative estimate of drug-likeness (QED) is 0.904. The third kappa shape index (κ3) is 3.61. The van der Waals surface area contributed by atoms with E-state index in [0.29, 0.717) is 24.8 Å². The monoisotopic (exact) mass is 361 g/mol. The molecule has 0 bridgehead atoms. The number of amides is 1. The molecule has 2 fully saturated rings. The summed E-state index contributed by atoms with van der Waals surface area (Å²) in [5, 5.41) is 15.8. The predicted octanol–water partition coefficient (Wildman–Crippen LogP) is 1.87. The number of aromatic nitrogens is 3. The van der Waals surface area contributed by atoms with E-state index < -0.39 is 0 Å². The van der Waals surface area contributed by atoms with E-state index in [1.54, 1.807) is 17.5 Å². The van der Waals surface area contributed by atoms with Gasteiger partial charge in [0.25, 0.3) is 5.91 Å². The SMILES string of the molecule is CC1CN(C(=O)c2cn(C3CCNCC3)nn2)CC(c2ccsc2)O1. The van der Waals surface area contributed by atoms with Crippen LogP contribution in [0, 0.1) is 0 Å². The Hall–Kier alpha value is -1.77. The minimum absolute atomic E-state index is 0.00191. The van der Waals surface area contributed by atoms with Gasteiger partial charge in [-0.05, 0) is 55.2 Å². The van der Waals surface area contributed by atoms with Crippen molar-refractivity contribution in [2.75, 3.05) is 26.2 Å². The molecule has 0 aliphatic carbocycles. The Morgan fingerprint density at radius 1 is 1.36 bits per heavy atom. The molecule has 4 rings (SSSR count). The molecule has 2 unspecified atom stereocenters. The first-order valence-electron chi connectivity index (χ1n) is 8.80. The molecule has 1 N–H and O–H groups in total. The zero-order valence-electron chi connectivity index (χ0n) is 14.3. The summed E-state index contributed by atoms with van der Waals surface area (Å²) in [6.07, 6.45) is 3.77. The molecule has 2 aliphatic heterocycles. The van der Waals surface area contributed by atoms with E-state index in [1.807, 2.05) is 21.9 Å². The lowest BCUT2D eigenvalue weighted by Crippen LogP contribution is -2.46. The molecular formula is C17H23N5O2S. The van der Waals surface area contributed by atoms with Crippen LogP contribution >= 0.6 is 11.3 Å². The van der Waals surface area contributed by atoms with E-state index in [9.17, 15) is 4.79 Å². The van der Waals surface area contributed by atoms with Gasteiger partial charge in [0.1, 0.15) is 6.10 Å². The van der Waals surface area contributed by atoms with Gasteiger partial charge in [0, 0.05) is 6.54 Å². The number of carbonyl (C=O) groups is 1. The third-order valence-electron chi connectivity index (χ3n) is 4.87. The fourth-order valence-corrected chi connectivity index (χ4v) is 4.25. The van der Waals surface area contributed by atoms with Gasteiger partial charge in [-0.3, -0.25) is 4.79 Å². The second-order valence-electron chi connectivity index (χ2n) is 6.77. The lowest BCUT2D eigenvalue weighted by molar-refractivity contribution is -0.0691. The molecule has 0 spiro atoms. The van der Waals surface area contributed by atoms with Crippen molar-refractivity contribution >= 4 is 17.2 Å². The molecule has 134 valence electrons. The Labute approximate surface area is 151 Å². The first kappa shape index (κ1) is 16.7. The molecule has 0 radical (unpaired) electrons. The van der Waals surface area contributed by atoms with Gasteiger partial charge in [0.15, 0.2) is 5.69 Å². The maximum Gasteiger partial charge on any atom is 0.276 e. The highest BCUT2D eigenvalue weighted by Gasteiger charge is 2.31. The van der Waals surface area contributed by atoms with Crippen molar-refractivity contribution in [2.45, 2.75) is 38.0 Å². The minimum Gasteiger partial charge on any atom is -0.367 e. The Morgan fingerprint density at radius 3 is 2.96 bits per heavy atom. The van der Waals surface area contributed by atoms with Gasteiger partial charge in [-0.2, -0.15) is 11.3 Å². The lowest BCUT2D eigenvalue weighted by Gasteiger charge is -2.36. The number of hydrogen-bond acceptors (Lipinski definition) is 6. The molecule has 8 heteroatoms. The molecule has 0 aromatic carbocycles. The fraction of sp³-hybridized carbons (Fsp3) is 0.588. The van der Waals surface area contributed by atoms with E-state index in [4.69, 9.17) is 4.74 Å². The highest BCUT2D eigenvalue weighted by Crippen LogP contribution is 2.27. The van der Waals surface area contributed by atoms with E-state index in [1.165, 1.54) is 0 Å². The van der Waals surface area contributed by atoms with E-state index >= 15 is 0 Å². The number of hydrogen-bond donors (Lipinski definition) is 1. The second-order valence-corrected chi connectivity index (χ2v) is 7.55. The standard InChI is InChI=1S/C17H23N5O2S/c1-12-8-21(10-16(24-12)13-4-7-25-11-13)17(23)15-9-22(20-19-15)14-2-5-18-6-3-14/h4,7,9,11-12,14,16,18H,2-3,5-6,8,10H2,1H3. The summed E-state index contributed by atoms with van der Waals surface area (Å²) in [5.41, 5.74) is 1.56. The molecule has 2 saturated heterocycles. The van der Waals surface area contributed by atoms with Crippen LogP contribution < -0.4 is 5.32 Å². The predicted molar refractivity (Wildman–Crippen MR) is 94.7 cm³/mol. The van der Waals surface area contributed by atoms with Crippen molar-refractivity contribution in [1.82, 2.24) is 25.2 Å². The van der Waals surface area contributed by atoms with Crippen LogP contribution in [-0.4, -0.2) is 58.1 Å². The highest BCUT2D eigenvalue weighted by molar-refractivity contribution is 7.07. The average molecular weight is 361 g/mol. The Bertz CT molecular complexity index is 710. The summed E-state index contributed by atoms with van der Waals surface area (Å²) >= 11 is 1.65. The Kier molecular flexibility index (Phi) is 4.82. The molecule has 2 aliphatic rings. The molecule has 2 aromatic rings. The van der Waals surface area contributed by atoms with Crippen molar-refractivity contribution in [2.24, 2.45) is 0 Å². The number of morpholine rings is 1. The van der Waals surface area contributed by atoms with Gasteiger partial charge >= 0.3 is 0 Å². The molecule has 4 heterocycles. The van der Waals surface area contributed by atoms with Crippen LogP contribution in [0.25, 0.3) is 0 Å². The lowest BCUT2D eigenvalue weighted by atomic mass is 10.1. The number of thiophene rings is 1. The zero-order valence-corrected chi connectivity index (χ0v) is 15.1. The number of nitrogens with one attached hydrogen (secondary N) is 1. The summed E-state index contributed by atoms with van der Waals surface area (Å²) in [6, 6.07) is 2.39. The van der Waals surface area contributed by atoms with Crippen LogP contribution in [-0.2, 0) is 4.74 Å². The van der Waals surface area contributed by atoms with Crippen molar-refractivity contribution in [1.29, 1.82) is 0 Å². The molecule has 1 amide bonds. The van der Waals surface area contributed by atoms with Crippen molar-refractivity contribution in [3.63, 3.8) is 0 Å². The fourth-order valence-electron chi connectivity index (χ4n) is 3.55. The van der Waals surface area contributed by atoms with Crippen molar-refractivity contribution < 1.29 is 9.53 Å². The summed E-state index contributed by atoms with van der Waals surface area (Å²) < 4.78 is 7.87. The van der Waals surface area contributed by atoms with Crippen molar-refractivity contribution in [3.05, 3.63) is 34.3 Å². The second kappa shape index (κ2) is 7.23. The van der Waals surface area contributed by atoms with Gasteiger partial charge in [0.05, 0.1) is 24.9 Å². The van der Waals surface area contributed by atoms with Gasteiger partial charge in [-0.25, -0.2) is 4.68 Å². The summed E-state index contributed by atoms with van der Waals surface area (Å²) in [4.78, 5) is 14.7. The van der Waals surface area contributed by atoms with E-state index in [2.05, 4.69) is 27.1 Å². The van der Waals surface area contributed by atoms with Crippen LogP contribution in [0.2, 0.25) is 0 Å². The molecule has 25 heavy (non-hydrogen) atoms. The third-order valence-corrected chi connectivity index (χ3v) is 5.58. The van der Waals surface area contributed by atoms with Crippen LogP contribution in [0.3, 0.4) is 0 Å². The normalized spacial score (nSPS) is 25.2. The molecular weight excluding hydrogens is 338 g/mol. The topological polar surface area (TPSA) is 72.3 Å². The molecule has 2 atom stereocenters. The molecule has 0 saturated carbocycles. The minimum atomic E-state index is -0.0709. The highest BCUT2D eigenvalue weighted by atomic mass is 32.1. The van der Waals surface area contributed by atoms with Gasteiger partial charge in [-0.1, -0.05) is 5.21 Å². The average Bonchev–Trinajstić information content (AvgIpc) is 3.33. The van der Waals surface area contributed by atoms with Gasteiger partial charge < -0.3 is 15.0 Å². The summed E-state index contributed by atoms with van der Waals surface area (Å²) in [6.45, 7) is 5.11. The van der Waals surface area contributed by atoms with Crippen LogP contribution in [0.5, 0.6) is 0 Å². The van der Waals surface area contributed by atoms with Crippen LogP contribution in [0.15, 0.2) is 23.0 Å². The maximum absolute atomic E-state index is 12.9. The first-order valence-corrected chi connectivity index (χ1v) is 9.74. The molecule has 7 nitrogen and oxygen atoms in total. The summed E-state index contributed by atoms with van der Waals surface area (Å²) in [7, 11) is 0. The van der Waals surface area contributed by atoms with Crippen molar-refractivity contribution in [3.8, 4) is 0 Å². The number of rotatable bonds is 3.